The lowest BCUT2D eigenvalue weighted by molar-refractivity contribution is -0.115. The molecule has 1 atom stereocenters. The number of benzene rings is 1. The molecule has 3 heteroatoms. The topological polar surface area (TPSA) is 26.3 Å². The Morgan fingerprint density at radius 1 is 1.03 bits per heavy atom. The van der Waals surface area contributed by atoms with E-state index in [4.69, 9.17) is 4.74 Å². The van der Waals surface area contributed by atoms with Crippen LogP contribution in [0.4, 0.5) is 0 Å². The molecule has 30 heavy (non-hydrogen) atoms. The van der Waals surface area contributed by atoms with Gasteiger partial charge in [-0.05, 0) is 74.8 Å². The highest BCUT2D eigenvalue weighted by Gasteiger charge is 2.30. The summed E-state index contributed by atoms with van der Waals surface area (Å²) in [5.41, 5.74) is 2.56. The van der Waals surface area contributed by atoms with Crippen LogP contribution in [0.5, 0.6) is 0 Å². The second-order valence-electron chi connectivity index (χ2n) is 10.1. The Hall–Kier alpha value is -0.800. The van der Waals surface area contributed by atoms with Crippen molar-refractivity contribution in [1.82, 2.24) is 0 Å². The molecule has 0 aliphatic heterocycles. The minimum Gasteiger partial charge on any atom is -0.370 e. The highest BCUT2D eigenvalue weighted by molar-refractivity contribution is 8.14. The van der Waals surface area contributed by atoms with Crippen molar-refractivity contribution in [2.75, 3.05) is 6.61 Å². The Morgan fingerprint density at radius 2 is 1.67 bits per heavy atom. The first-order valence-electron chi connectivity index (χ1n) is 12.4. The third-order valence-electron chi connectivity index (χ3n) is 7.44. The van der Waals surface area contributed by atoms with Crippen molar-refractivity contribution < 1.29 is 9.53 Å². The number of hydrogen-bond acceptors (Lipinski definition) is 3. The normalized spacial score (nSPS) is 25.2. The molecule has 0 N–H and O–H groups in total. The van der Waals surface area contributed by atoms with Gasteiger partial charge in [-0.2, -0.15) is 0 Å². The van der Waals surface area contributed by atoms with Crippen molar-refractivity contribution in [1.29, 1.82) is 0 Å². The first-order chi connectivity index (χ1) is 14.4. The summed E-state index contributed by atoms with van der Waals surface area (Å²) in [7, 11) is 0. The average molecular weight is 431 g/mol. The molecular formula is C27H42O2S. The monoisotopic (exact) mass is 430 g/mol. The number of rotatable bonds is 8. The number of carbonyl (C=O) groups excluding carboxylic acids is 1. The summed E-state index contributed by atoms with van der Waals surface area (Å²) < 4.78 is 6.52. The maximum Gasteiger partial charge on any atom is 0.192 e. The molecule has 2 aliphatic carbocycles. The maximum atomic E-state index is 12.4. The van der Waals surface area contributed by atoms with Gasteiger partial charge in [0, 0.05) is 11.2 Å². The maximum absolute atomic E-state index is 12.4. The predicted molar refractivity (Wildman–Crippen MR) is 129 cm³/mol. The molecule has 0 bridgehead atoms. The van der Waals surface area contributed by atoms with Crippen molar-refractivity contribution in [2.45, 2.75) is 109 Å². The quantitative estimate of drug-likeness (QED) is 0.420. The van der Waals surface area contributed by atoms with Crippen molar-refractivity contribution >= 4 is 16.9 Å². The lowest BCUT2D eigenvalue weighted by Gasteiger charge is -2.33. The van der Waals surface area contributed by atoms with Crippen LogP contribution in [-0.4, -0.2) is 17.0 Å². The summed E-state index contributed by atoms with van der Waals surface area (Å²) in [4.78, 5) is 12.4. The zero-order valence-electron chi connectivity index (χ0n) is 19.6. The zero-order valence-corrected chi connectivity index (χ0v) is 20.4. The highest BCUT2D eigenvalue weighted by Crippen LogP contribution is 2.39. The van der Waals surface area contributed by atoms with E-state index in [0.29, 0.717) is 16.3 Å². The van der Waals surface area contributed by atoms with Crippen molar-refractivity contribution in [2.24, 2.45) is 11.8 Å². The molecule has 2 nitrogen and oxygen atoms in total. The van der Waals surface area contributed by atoms with Crippen LogP contribution < -0.4 is 0 Å². The minimum atomic E-state index is -0.186. The number of ether oxygens (including phenoxy) is 1. The van der Waals surface area contributed by atoms with Crippen LogP contribution in [0.2, 0.25) is 0 Å². The van der Waals surface area contributed by atoms with Gasteiger partial charge in [-0.15, -0.1) is 0 Å². The second kappa shape index (κ2) is 11.2. The molecule has 0 saturated heterocycles. The molecule has 0 aromatic heterocycles. The molecule has 1 aromatic rings. The van der Waals surface area contributed by atoms with Gasteiger partial charge in [-0.1, -0.05) is 76.1 Å². The Morgan fingerprint density at radius 3 is 2.23 bits per heavy atom. The molecule has 168 valence electrons. The van der Waals surface area contributed by atoms with Crippen LogP contribution in [-0.2, 0) is 15.1 Å². The molecule has 0 radical (unpaired) electrons. The number of thioether (sulfide) groups is 1. The molecule has 0 heterocycles. The van der Waals surface area contributed by atoms with Gasteiger partial charge >= 0.3 is 0 Å². The summed E-state index contributed by atoms with van der Waals surface area (Å²) in [6.45, 7) is 9.62. The van der Waals surface area contributed by atoms with Gasteiger partial charge in [0.1, 0.15) is 0 Å². The molecule has 2 aliphatic rings. The molecule has 1 unspecified atom stereocenters. The van der Waals surface area contributed by atoms with E-state index in [9.17, 15) is 4.79 Å². The second-order valence-corrected chi connectivity index (χ2v) is 11.6. The average Bonchev–Trinajstić information content (AvgIpc) is 2.78. The molecule has 3 rings (SSSR count). The third kappa shape index (κ3) is 6.36. The Bertz CT molecular complexity index is 654. The smallest absolute Gasteiger partial charge is 0.192 e. The van der Waals surface area contributed by atoms with E-state index in [1.54, 1.807) is 0 Å². The molecule has 1 aromatic carbocycles. The SMILES string of the molecule is CCC(C)(OCC1CCCCC1)c1ccc(C2CCC(C(=O)SC(C)C)CC2)cc1. The van der Waals surface area contributed by atoms with Gasteiger partial charge in [-0.3, -0.25) is 4.79 Å². The first-order valence-corrected chi connectivity index (χ1v) is 13.2. The Balaban J connectivity index is 1.55. The van der Waals surface area contributed by atoms with Gasteiger partial charge in [0.2, 0.25) is 0 Å². The Kier molecular flexibility index (Phi) is 8.89. The van der Waals surface area contributed by atoms with E-state index in [-0.39, 0.29) is 11.5 Å². The van der Waals surface area contributed by atoms with E-state index in [1.165, 1.54) is 55.0 Å². The van der Waals surface area contributed by atoms with Gasteiger partial charge in [0.05, 0.1) is 12.2 Å². The summed E-state index contributed by atoms with van der Waals surface area (Å²) in [5, 5.41) is 0.809. The van der Waals surface area contributed by atoms with Crippen LogP contribution in [0.15, 0.2) is 24.3 Å². The van der Waals surface area contributed by atoms with Crippen molar-refractivity contribution in [3.63, 3.8) is 0 Å². The third-order valence-corrected chi connectivity index (χ3v) is 8.48. The van der Waals surface area contributed by atoms with Crippen LogP contribution in [0.25, 0.3) is 0 Å². The van der Waals surface area contributed by atoms with Gasteiger partial charge in [0.15, 0.2) is 5.12 Å². The molecule has 2 fully saturated rings. The first kappa shape index (κ1) is 23.9. The fourth-order valence-electron chi connectivity index (χ4n) is 5.14. The van der Waals surface area contributed by atoms with Gasteiger partial charge in [-0.25, -0.2) is 0 Å². The lowest BCUT2D eigenvalue weighted by Crippen LogP contribution is -2.28. The number of carbonyl (C=O) groups is 1. The zero-order chi connectivity index (χ0) is 21.6. The Labute approximate surface area is 188 Å². The van der Waals surface area contributed by atoms with E-state index < -0.39 is 0 Å². The van der Waals surface area contributed by atoms with Crippen molar-refractivity contribution in [3.05, 3.63) is 35.4 Å². The molecule has 2 saturated carbocycles. The van der Waals surface area contributed by atoms with Gasteiger partial charge in [0.25, 0.3) is 0 Å². The fraction of sp³-hybridized carbons (Fsp3) is 0.741. The minimum absolute atomic E-state index is 0.186. The van der Waals surface area contributed by atoms with Crippen LogP contribution in [0.3, 0.4) is 0 Å². The standard InChI is InChI=1S/C27H42O2S/c1-5-27(4,29-19-21-9-7-6-8-10-21)25-17-15-23(16-18-25)22-11-13-24(14-12-22)26(28)30-20(2)3/h15-18,20-22,24H,5-14,19H2,1-4H3. The molecule has 0 spiro atoms. The van der Waals surface area contributed by atoms with E-state index >= 15 is 0 Å². The summed E-state index contributed by atoms with van der Waals surface area (Å²) in [6.07, 6.45) is 12.2. The predicted octanol–water partition coefficient (Wildman–Crippen LogP) is 7.85. The molecular weight excluding hydrogens is 388 g/mol. The van der Waals surface area contributed by atoms with E-state index in [2.05, 4.69) is 52.0 Å². The van der Waals surface area contributed by atoms with Crippen LogP contribution in [0.1, 0.15) is 109 Å². The lowest BCUT2D eigenvalue weighted by atomic mass is 9.78. The summed E-state index contributed by atoms with van der Waals surface area (Å²) >= 11 is 1.53. The van der Waals surface area contributed by atoms with Gasteiger partial charge < -0.3 is 4.74 Å². The summed E-state index contributed by atoms with van der Waals surface area (Å²) in [5.74, 6) is 1.61. The largest absolute Gasteiger partial charge is 0.370 e. The highest BCUT2D eigenvalue weighted by atomic mass is 32.2. The van der Waals surface area contributed by atoms with Crippen molar-refractivity contribution in [3.8, 4) is 0 Å². The fourth-order valence-corrected chi connectivity index (χ4v) is 6.04. The molecule has 0 amide bonds. The number of hydrogen-bond donors (Lipinski definition) is 0. The van der Waals surface area contributed by atoms with Crippen LogP contribution >= 0.6 is 11.8 Å². The van der Waals surface area contributed by atoms with Crippen LogP contribution in [0, 0.1) is 11.8 Å². The summed E-state index contributed by atoms with van der Waals surface area (Å²) in [6, 6.07) is 9.24. The van der Waals surface area contributed by atoms with E-state index in [1.807, 2.05) is 0 Å². The van der Waals surface area contributed by atoms with E-state index in [0.717, 1.165) is 44.6 Å².